The van der Waals surface area contributed by atoms with Crippen molar-refractivity contribution in [2.45, 2.75) is 19.8 Å². The van der Waals surface area contributed by atoms with Gasteiger partial charge in [-0.3, -0.25) is 9.59 Å². The maximum Gasteiger partial charge on any atom is 0.267 e. The molecular formula is C11H16N2O2. The first kappa shape index (κ1) is 11.5. The van der Waals surface area contributed by atoms with Crippen LogP contribution in [0.25, 0.3) is 0 Å². The molecule has 0 aromatic rings. The topological polar surface area (TPSA) is 49.4 Å². The van der Waals surface area contributed by atoms with Crippen LogP contribution in [-0.2, 0) is 9.59 Å². The number of nitrogens with zero attached hydrogens (tertiary/aromatic N) is 1. The zero-order valence-electron chi connectivity index (χ0n) is 9.12. The van der Waals surface area contributed by atoms with Crippen LogP contribution in [0.5, 0.6) is 0 Å². The van der Waals surface area contributed by atoms with E-state index in [1.54, 1.807) is 13.1 Å². The van der Waals surface area contributed by atoms with Crippen LogP contribution in [0.2, 0.25) is 0 Å². The van der Waals surface area contributed by atoms with Gasteiger partial charge in [-0.25, -0.2) is 0 Å². The first-order valence-corrected chi connectivity index (χ1v) is 5.03. The predicted octanol–water partition coefficient (Wildman–Crippen LogP) is 0.815. The van der Waals surface area contributed by atoms with Crippen molar-refractivity contribution in [1.82, 2.24) is 10.2 Å². The molecule has 0 atom stereocenters. The molecule has 0 saturated heterocycles. The molecule has 4 nitrogen and oxygen atoms in total. The first-order valence-electron chi connectivity index (χ1n) is 5.03. The first-order chi connectivity index (χ1) is 7.16. The van der Waals surface area contributed by atoms with Gasteiger partial charge in [-0.1, -0.05) is 18.2 Å². The lowest BCUT2D eigenvalue weighted by molar-refractivity contribution is -0.132. The van der Waals surface area contributed by atoms with E-state index in [4.69, 9.17) is 0 Å². The summed E-state index contributed by atoms with van der Waals surface area (Å²) >= 11 is 0. The van der Waals surface area contributed by atoms with Crippen molar-refractivity contribution in [2.24, 2.45) is 0 Å². The van der Waals surface area contributed by atoms with Crippen LogP contribution in [-0.4, -0.2) is 30.3 Å². The van der Waals surface area contributed by atoms with Crippen LogP contribution >= 0.6 is 0 Å². The maximum absolute atomic E-state index is 11.6. The SMILES string of the molecule is C/C=C/CNC(=O)C1=CCCC(=O)N1C. The second-order valence-electron chi connectivity index (χ2n) is 3.36. The summed E-state index contributed by atoms with van der Waals surface area (Å²) in [5.41, 5.74) is 0.454. The Hall–Kier alpha value is -1.58. The molecule has 0 spiro atoms. The molecule has 4 heteroatoms. The lowest BCUT2D eigenvalue weighted by atomic mass is 10.1. The molecule has 0 bridgehead atoms. The molecule has 0 saturated carbocycles. The van der Waals surface area contributed by atoms with E-state index in [1.807, 2.05) is 19.1 Å². The molecule has 0 aromatic carbocycles. The third kappa shape index (κ3) is 2.94. The van der Waals surface area contributed by atoms with E-state index in [1.165, 1.54) is 4.90 Å². The molecule has 82 valence electrons. The minimum absolute atomic E-state index is 0.00585. The Kier molecular flexibility index (Phi) is 4.09. The average molecular weight is 208 g/mol. The summed E-state index contributed by atoms with van der Waals surface area (Å²) in [6, 6.07) is 0. The van der Waals surface area contributed by atoms with Gasteiger partial charge in [0, 0.05) is 20.0 Å². The highest BCUT2D eigenvalue weighted by atomic mass is 16.2. The fourth-order valence-electron chi connectivity index (χ4n) is 1.38. The summed E-state index contributed by atoms with van der Waals surface area (Å²) < 4.78 is 0. The molecule has 1 heterocycles. The number of amides is 2. The molecule has 1 aliphatic heterocycles. The third-order valence-electron chi connectivity index (χ3n) is 2.28. The van der Waals surface area contributed by atoms with Crippen molar-refractivity contribution in [3.63, 3.8) is 0 Å². The van der Waals surface area contributed by atoms with Gasteiger partial charge in [-0.2, -0.15) is 0 Å². The van der Waals surface area contributed by atoms with E-state index < -0.39 is 0 Å². The summed E-state index contributed by atoms with van der Waals surface area (Å²) in [6.45, 7) is 2.39. The van der Waals surface area contributed by atoms with Crippen LogP contribution in [0.3, 0.4) is 0 Å². The summed E-state index contributed by atoms with van der Waals surface area (Å²) in [6.07, 6.45) is 6.65. The molecule has 0 radical (unpaired) electrons. The van der Waals surface area contributed by atoms with E-state index >= 15 is 0 Å². The lowest BCUT2D eigenvalue weighted by Crippen LogP contribution is -2.38. The van der Waals surface area contributed by atoms with Crippen LogP contribution in [0.15, 0.2) is 23.9 Å². The number of hydrogen-bond acceptors (Lipinski definition) is 2. The average Bonchev–Trinajstić information content (AvgIpc) is 2.22. The molecule has 15 heavy (non-hydrogen) atoms. The highest BCUT2D eigenvalue weighted by Gasteiger charge is 2.22. The van der Waals surface area contributed by atoms with Gasteiger partial charge in [-0.15, -0.1) is 0 Å². The van der Waals surface area contributed by atoms with E-state index in [9.17, 15) is 9.59 Å². The van der Waals surface area contributed by atoms with Crippen molar-refractivity contribution in [3.8, 4) is 0 Å². The normalized spacial score (nSPS) is 16.8. The van der Waals surface area contributed by atoms with Crippen LogP contribution in [0.1, 0.15) is 19.8 Å². The third-order valence-corrected chi connectivity index (χ3v) is 2.28. The summed E-state index contributed by atoms with van der Waals surface area (Å²) in [4.78, 5) is 24.4. The zero-order chi connectivity index (χ0) is 11.3. The molecule has 0 unspecified atom stereocenters. The van der Waals surface area contributed by atoms with Gasteiger partial charge in [-0.05, 0) is 13.3 Å². The number of likely N-dealkylation sites (N-methyl/N-ethyl adjacent to an activating group) is 1. The largest absolute Gasteiger partial charge is 0.347 e. The minimum atomic E-state index is -0.191. The second kappa shape index (κ2) is 5.34. The summed E-state index contributed by atoms with van der Waals surface area (Å²) in [5.74, 6) is -0.197. The van der Waals surface area contributed by atoms with Crippen molar-refractivity contribution < 1.29 is 9.59 Å². The van der Waals surface area contributed by atoms with Gasteiger partial charge in [0.05, 0.1) is 0 Å². The summed E-state index contributed by atoms with van der Waals surface area (Å²) in [5, 5.41) is 2.72. The van der Waals surface area contributed by atoms with Crippen molar-refractivity contribution in [1.29, 1.82) is 0 Å². The Morgan fingerprint density at radius 3 is 3.07 bits per heavy atom. The van der Waals surface area contributed by atoms with Crippen molar-refractivity contribution >= 4 is 11.8 Å². The fourth-order valence-corrected chi connectivity index (χ4v) is 1.38. The highest BCUT2D eigenvalue weighted by Crippen LogP contribution is 2.13. The molecule has 0 aliphatic carbocycles. The van der Waals surface area contributed by atoms with E-state index in [2.05, 4.69) is 5.32 Å². The van der Waals surface area contributed by atoms with Crippen LogP contribution in [0, 0.1) is 0 Å². The highest BCUT2D eigenvalue weighted by molar-refractivity contribution is 5.98. The molecule has 1 aliphatic rings. The lowest BCUT2D eigenvalue weighted by Gasteiger charge is -2.23. The second-order valence-corrected chi connectivity index (χ2v) is 3.36. The number of allylic oxidation sites excluding steroid dienone is 2. The minimum Gasteiger partial charge on any atom is -0.347 e. The fraction of sp³-hybridized carbons (Fsp3) is 0.455. The van der Waals surface area contributed by atoms with E-state index in [-0.39, 0.29) is 11.8 Å². The molecule has 1 N–H and O–H groups in total. The maximum atomic E-state index is 11.6. The quantitative estimate of drug-likeness (QED) is 0.698. The van der Waals surface area contributed by atoms with Gasteiger partial charge < -0.3 is 10.2 Å². The number of nitrogens with one attached hydrogen (secondary N) is 1. The number of carbonyl (C=O) groups excluding carboxylic acids is 2. The standard InChI is InChI=1S/C11H16N2O2/c1-3-4-8-12-11(15)9-6-5-7-10(14)13(9)2/h3-4,6H,5,7-8H2,1-2H3,(H,12,15)/b4-3+. The van der Waals surface area contributed by atoms with E-state index in [0.29, 0.717) is 25.1 Å². The predicted molar refractivity (Wildman–Crippen MR) is 57.9 cm³/mol. The zero-order valence-corrected chi connectivity index (χ0v) is 9.12. The van der Waals surface area contributed by atoms with Crippen molar-refractivity contribution in [3.05, 3.63) is 23.9 Å². The number of rotatable bonds is 3. The molecule has 0 aromatic heterocycles. The Morgan fingerprint density at radius 1 is 1.67 bits per heavy atom. The molecule has 0 fully saturated rings. The summed E-state index contributed by atoms with van der Waals surface area (Å²) in [7, 11) is 1.63. The van der Waals surface area contributed by atoms with Gasteiger partial charge in [0.1, 0.15) is 5.70 Å². The van der Waals surface area contributed by atoms with Gasteiger partial charge in [0.25, 0.3) is 5.91 Å². The van der Waals surface area contributed by atoms with Crippen LogP contribution in [0.4, 0.5) is 0 Å². The van der Waals surface area contributed by atoms with E-state index in [0.717, 1.165) is 0 Å². The molecular weight excluding hydrogens is 192 g/mol. The Balaban J connectivity index is 2.58. The van der Waals surface area contributed by atoms with Crippen molar-refractivity contribution in [2.75, 3.05) is 13.6 Å². The van der Waals surface area contributed by atoms with Gasteiger partial charge >= 0.3 is 0 Å². The van der Waals surface area contributed by atoms with Crippen LogP contribution < -0.4 is 5.32 Å². The Bertz CT molecular complexity index is 319. The molecule has 1 rings (SSSR count). The number of carbonyl (C=O) groups is 2. The van der Waals surface area contributed by atoms with Gasteiger partial charge in [0.2, 0.25) is 5.91 Å². The van der Waals surface area contributed by atoms with Gasteiger partial charge in [0.15, 0.2) is 0 Å². The number of hydrogen-bond donors (Lipinski definition) is 1. The Morgan fingerprint density at radius 2 is 2.40 bits per heavy atom. The smallest absolute Gasteiger partial charge is 0.267 e. The monoisotopic (exact) mass is 208 g/mol. The molecule has 2 amide bonds. The Labute approximate surface area is 89.6 Å².